The number of fused-ring (bicyclic) bond motifs is 2. The van der Waals surface area contributed by atoms with Gasteiger partial charge in [-0.05, 0) is 18.9 Å². The molecule has 6 nitrogen and oxygen atoms in total. The number of carbonyl (C=O) groups is 2. The van der Waals surface area contributed by atoms with Crippen LogP contribution >= 0.6 is 0 Å². The Morgan fingerprint density at radius 2 is 1.58 bits per heavy atom. The number of nitrogen functional groups attached to an aromatic ring is 1. The molecular weight excluding hydrogens is 388 g/mol. The topological polar surface area (TPSA) is 79.9 Å². The van der Waals surface area contributed by atoms with Crippen molar-refractivity contribution in [3.8, 4) is 0 Å². The molecule has 0 spiro atoms. The third-order valence-electron chi connectivity index (χ3n) is 6.33. The van der Waals surface area contributed by atoms with Gasteiger partial charge < -0.3 is 20.9 Å². The van der Waals surface area contributed by atoms with Gasteiger partial charge in [-0.2, -0.15) is 0 Å². The summed E-state index contributed by atoms with van der Waals surface area (Å²) in [5.41, 5.74) is 10.4. The first kappa shape index (κ1) is 21.4. The molecule has 1 aliphatic heterocycles. The number of rotatable bonds is 6. The van der Waals surface area contributed by atoms with Crippen molar-refractivity contribution in [1.82, 2.24) is 0 Å². The summed E-state index contributed by atoms with van der Waals surface area (Å²) < 4.78 is 0. The lowest BCUT2D eigenvalue weighted by Crippen LogP contribution is -3.05. The van der Waals surface area contributed by atoms with E-state index in [1.807, 2.05) is 6.07 Å². The van der Waals surface area contributed by atoms with E-state index in [0.29, 0.717) is 27.9 Å². The second kappa shape index (κ2) is 9.10. The van der Waals surface area contributed by atoms with Gasteiger partial charge in [0.15, 0.2) is 11.6 Å². The van der Waals surface area contributed by atoms with Gasteiger partial charge >= 0.3 is 0 Å². The molecule has 2 aromatic carbocycles. The minimum absolute atomic E-state index is 0.125. The average Bonchev–Trinajstić information content (AvgIpc) is 3.05. The zero-order valence-corrected chi connectivity index (χ0v) is 18.6. The van der Waals surface area contributed by atoms with Crippen LogP contribution in [-0.2, 0) is 0 Å². The van der Waals surface area contributed by atoms with Crippen LogP contribution < -0.4 is 20.9 Å². The highest BCUT2D eigenvalue weighted by Crippen LogP contribution is 2.41. The van der Waals surface area contributed by atoms with Gasteiger partial charge in [0, 0.05) is 42.9 Å². The first-order valence-corrected chi connectivity index (χ1v) is 11.4. The molecule has 6 heteroatoms. The number of benzene rings is 2. The van der Waals surface area contributed by atoms with Crippen LogP contribution in [0.2, 0.25) is 0 Å². The highest BCUT2D eigenvalue weighted by Gasteiger charge is 2.35. The molecule has 1 heterocycles. The fourth-order valence-electron chi connectivity index (χ4n) is 4.68. The van der Waals surface area contributed by atoms with Crippen LogP contribution in [0.5, 0.6) is 0 Å². The standard InChI is InChI=1S/C25H32N4O2/c1-28(2)13-9-12-27-19-16-20(29-14-7-3-4-8-15-29)23(26)22-21(19)24(30)17-10-5-6-11-18(17)25(22)31/h5-6,10-11,16,27H,3-4,7-9,12-15,26H2,1-2H3/p+1. The van der Waals surface area contributed by atoms with Gasteiger partial charge in [-0.3, -0.25) is 9.59 Å². The zero-order valence-electron chi connectivity index (χ0n) is 18.6. The smallest absolute Gasteiger partial charge is 0.196 e. The van der Waals surface area contributed by atoms with Crippen molar-refractivity contribution in [1.29, 1.82) is 0 Å². The molecule has 0 atom stereocenters. The Bertz CT molecular complexity index is 991. The van der Waals surface area contributed by atoms with Crippen LogP contribution in [0.4, 0.5) is 17.1 Å². The maximum Gasteiger partial charge on any atom is 0.196 e. The monoisotopic (exact) mass is 421 g/mol. The largest absolute Gasteiger partial charge is 0.396 e. The predicted molar refractivity (Wildman–Crippen MR) is 126 cm³/mol. The molecule has 2 aliphatic rings. The minimum atomic E-state index is -0.153. The van der Waals surface area contributed by atoms with E-state index in [-0.39, 0.29) is 11.6 Å². The number of ketones is 2. The second-order valence-electron chi connectivity index (χ2n) is 8.95. The number of hydrogen-bond acceptors (Lipinski definition) is 5. The molecule has 0 aromatic heterocycles. The molecule has 0 bridgehead atoms. The van der Waals surface area contributed by atoms with Crippen LogP contribution in [0.25, 0.3) is 0 Å². The Hall–Kier alpha value is -2.86. The summed E-state index contributed by atoms with van der Waals surface area (Å²) >= 11 is 0. The summed E-state index contributed by atoms with van der Waals surface area (Å²) in [5, 5.41) is 3.46. The summed E-state index contributed by atoms with van der Waals surface area (Å²) in [6, 6.07) is 9.06. The van der Waals surface area contributed by atoms with Gasteiger partial charge in [0.2, 0.25) is 0 Å². The van der Waals surface area contributed by atoms with Crippen molar-refractivity contribution in [2.24, 2.45) is 0 Å². The van der Waals surface area contributed by atoms with Crippen molar-refractivity contribution in [2.45, 2.75) is 32.1 Å². The third-order valence-corrected chi connectivity index (χ3v) is 6.33. The molecule has 2 aromatic rings. The normalized spacial score (nSPS) is 16.2. The molecule has 1 saturated heterocycles. The lowest BCUT2D eigenvalue weighted by Gasteiger charge is -2.29. The molecule has 4 rings (SSSR count). The lowest BCUT2D eigenvalue weighted by atomic mass is 9.81. The lowest BCUT2D eigenvalue weighted by molar-refractivity contribution is -0.858. The maximum atomic E-state index is 13.5. The van der Waals surface area contributed by atoms with Crippen LogP contribution in [0, 0.1) is 0 Å². The van der Waals surface area contributed by atoms with E-state index in [2.05, 4.69) is 24.3 Å². The number of nitrogens with one attached hydrogen (secondary N) is 2. The zero-order chi connectivity index (χ0) is 22.0. The van der Waals surface area contributed by atoms with Gasteiger partial charge in [0.1, 0.15) is 0 Å². The quantitative estimate of drug-likeness (QED) is 0.421. The molecule has 164 valence electrons. The predicted octanol–water partition coefficient (Wildman–Crippen LogP) is 2.37. The number of nitrogens with two attached hydrogens (primary N) is 1. The van der Waals surface area contributed by atoms with Crippen LogP contribution in [-0.4, -0.2) is 51.8 Å². The summed E-state index contributed by atoms with van der Waals surface area (Å²) in [4.78, 5) is 30.6. The minimum Gasteiger partial charge on any atom is -0.396 e. The van der Waals surface area contributed by atoms with E-state index >= 15 is 0 Å². The van der Waals surface area contributed by atoms with Crippen molar-refractivity contribution >= 4 is 28.6 Å². The fourth-order valence-corrected chi connectivity index (χ4v) is 4.68. The highest BCUT2D eigenvalue weighted by atomic mass is 16.1. The Balaban J connectivity index is 1.80. The Kier molecular flexibility index (Phi) is 6.28. The van der Waals surface area contributed by atoms with Gasteiger partial charge in [0.05, 0.1) is 43.1 Å². The fraction of sp³-hybridized carbons (Fsp3) is 0.440. The summed E-state index contributed by atoms with van der Waals surface area (Å²) in [7, 11) is 4.25. The van der Waals surface area contributed by atoms with E-state index in [9.17, 15) is 9.59 Å². The van der Waals surface area contributed by atoms with Gasteiger partial charge in [-0.1, -0.05) is 37.1 Å². The first-order valence-electron chi connectivity index (χ1n) is 11.4. The number of nitrogens with zero attached hydrogens (tertiary/aromatic N) is 1. The van der Waals surface area contributed by atoms with Gasteiger partial charge in [0.25, 0.3) is 0 Å². The van der Waals surface area contributed by atoms with Crippen LogP contribution in [0.15, 0.2) is 30.3 Å². The van der Waals surface area contributed by atoms with Crippen molar-refractivity contribution in [3.05, 3.63) is 52.6 Å². The molecule has 0 amide bonds. The van der Waals surface area contributed by atoms with E-state index in [4.69, 9.17) is 5.73 Å². The summed E-state index contributed by atoms with van der Waals surface area (Å²) in [5.74, 6) is -0.278. The summed E-state index contributed by atoms with van der Waals surface area (Å²) in [6.07, 6.45) is 5.62. The van der Waals surface area contributed by atoms with E-state index < -0.39 is 0 Å². The number of quaternary nitrogens is 1. The van der Waals surface area contributed by atoms with Crippen LogP contribution in [0.1, 0.15) is 63.9 Å². The maximum absolute atomic E-state index is 13.5. The van der Waals surface area contributed by atoms with Gasteiger partial charge in [-0.25, -0.2) is 0 Å². The molecule has 4 N–H and O–H groups in total. The Labute approximate surface area is 184 Å². The van der Waals surface area contributed by atoms with E-state index in [1.54, 1.807) is 24.3 Å². The van der Waals surface area contributed by atoms with E-state index in [0.717, 1.165) is 56.8 Å². The van der Waals surface area contributed by atoms with Crippen molar-refractivity contribution in [2.75, 3.05) is 56.2 Å². The number of hydrogen-bond donors (Lipinski definition) is 3. The molecular formula is C25H33N4O2+. The Morgan fingerprint density at radius 1 is 0.968 bits per heavy atom. The molecule has 0 unspecified atom stereocenters. The molecule has 0 saturated carbocycles. The first-order chi connectivity index (χ1) is 15.0. The third kappa shape index (κ3) is 4.17. The summed E-state index contributed by atoms with van der Waals surface area (Å²) in [6.45, 7) is 3.61. The van der Waals surface area contributed by atoms with Gasteiger partial charge in [-0.15, -0.1) is 0 Å². The van der Waals surface area contributed by atoms with Crippen LogP contribution in [0.3, 0.4) is 0 Å². The SMILES string of the molecule is C[NH+](C)CCCNc1cc(N2CCCCCC2)c(N)c2c1C(=O)c1ccccc1C2=O. The molecule has 31 heavy (non-hydrogen) atoms. The molecule has 1 fully saturated rings. The second-order valence-corrected chi connectivity index (χ2v) is 8.95. The molecule has 1 aliphatic carbocycles. The Morgan fingerprint density at radius 3 is 2.19 bits per heavy atom. The van der Waals surface area contributed by atoms with Crippen molar-refractivity contribution < 1.29 is 14.5 Å². The average molecular weight is 422 g/mol. The number of carbonyl (C=O) groups excluding carboxylic acids is 2. The molecule has 0 radical (unpaired) electrons. The number of anilines is 3. The van der Waals surface area contributed by atoms with E-state index in [1.165, 1.54) is 17.7 Å². The highest BCUT2D eigenvalue weighted by molar-refractivity contribution is 6.32. The van der Waals surface area contributed by atoms with Crippen molar-refractivity contribution in [3.63, 3.8) is 0 Å².